The molecule has 2 aromatic heterocycles. The highest BCUT2D eigenvalue weighted by molar-refractivity contribution is 7.89. The van der Waals surface area contributed by atoms with Crippen LogP contribution in [0, 0.1) is 6.92 Å². The third-order valence-electron chi connectivity index (χ3n) is 3.98. The molecule has 142 valence electrons. The Morgan fingerprint density at radius 2 is 2.04 bits per heavy atom. The largest absolute Gasteiger partial charge is 0.497 e. The summed E-state index contributed by atoms with van der Waals surface area (Å²) >= 11 is 1.52. The lowest BCUT2D eigenvalue weighted by Gasteiger charge is -2.20. The molecule has 8 heteroatoms. The average Bonchev–Trinajstić information content (AvgIpc) is 3.31. The van der Waals surface area contributed by atoms with Crippen molar-refractivity contribution in [2.45, 2.75) is 18.4 Å². The monoisotopic (exact) mass is 404 g/mol. The molecule has 0 radical (unpaired) electrons. The van der Waals surface area contributed by atoms with Crippen LogP contribution in [0.2, 0.25) is 0 Å². The fourth-order valence-electron chi connectivity index (χ4n) is 2.54. The van der Waals surface area contributed by atoms with Gasteiger partial charge in [0, 0.05) is 6.54 Å². The summed E-state index contributed by atoms with van der Waals surface area (Å²) < 4.78 is 38.2. The van der Waals surface area contributed by atoms with E-state index in [4.69, 9.17) is 9.15 Å². The highest BCUT2D eigenvalue weighted by atomic mass is 32.2. The molecule has 0 fully saturated rings. The second-order valence-corrected chi connectivity index (χ2v) is 8.65. The molecular formula is C19H20N2O4S2. The second-order valence-electron chi connectivity index (χ2n) is 5.76. The van der Waals surface area contributed by atoms with Crippen LogP contribution in [0.5, 0.6) is 5.75 Å². The van der Waals surface area contributed by atoms with E-state index in [1.54, 1.807) is 25.1 Å². The number of sulfonamides is 1. The molecule has 6 nitrogen and oxygen atoms in total. The minimum absolute atomic E-state index is 0.0983. The molecule has 0 aliphatic carbocycles. The zero-order valence-electron chi connectivity index (χ0n) is 15.1. The SMILES string of the molecule is C=CCN(Cc1nc(-c2cccs2)oc1C)S(=O)(=O)c1ccc(OC)cc1. The van der Waals surface area contributed by atoms with Gasteiger partial charge in [0.15, 0.2) is 0 Å². The van der Waals surface area contributed by atoms with Gasteiger partial charge in [0.1, 0.15) is 11.5 Å². The smallest absolute Gasteiger partial charge is 0.243 e. The van der Waals surface area contributed by atoms with E-state index in [9.17, 15) is 8.42 Å². The average molecular weight is 405 g/mol. The Hall–Kier alpha value is -2.42. The van der Waals surface area contributed by atoms with Gasteiger partial charge in [-0.25, -0.2) is 13.4 Å². The Morgan fingerprint density at radius 3 is 2.63 bits per heavy atom. The van der Waals surface area contributed by atoms with Crippen LogP contribution in [0.3, 0.4) is 0 Å². The lowest BCUT2D eigenvalue weighted by molar-refractivity contribution is 0.413. The predicted octanol–water partition coefficient (Wildman–Crippen LogP) is 4.10. The maximum Gasteiger partial charge on any atom is 0.243 e. The summed E-state index contributed by atoms with van der Waals surface area (Å²) in [4.78, 5) is 5.58. The third-order valence-corrected chi connectivity index (χ3v) is 6.66. The number of aryl methyl sites for hydroxylation is 1. The van der Waals surface area contributed by atoms with Gasteiger partial charge in [-0.15, -0.1) is 17.9 Å². The molecule has 27 heavy (non-hydrogen) atoms. The van der Waals surface area contributed by atoms with Crippen LogP contribution >= 0.6 is 11.3 Å². The van der Waals surface area contributed by atoms with Gasteiger partial charge in [0.25, 0.3) is 0 Å². The molecule has 1 aromatic carbocycles. The summed E-state index contributed by atoms with van der Waals surface area (Å²) in [7, 11) is -2.19. The van der Waals surface area contributed by atoms with Crippen molar-refractivity contribution < 1.29 is 17.6 Å². The molecule has 0 bridgehead atoms. The van der Waals surface area contributed by atoms with Crippen molar-refractivity contribution in [3.63, 3.8) is 0 Å². The Morgan fingerprint density at radius 1 is 1.30 bits per heavy atom. The summed E-state index contributed by atoms with van der Waals surface area (Å²) in [5, 5.41) is 1.94. The number of nitrogens with zero attached hydrogens (tertiary/aromatic N) is 2. The third kappa shape index (κ3) is 4.13. The number of thiophene rings is 1. The van der Waals surface area contributed by atoms with Crippen LogP contribution in [0.15, 0.2) is 63.7 Å². The van der Waals surface area contributed by atoms with Gasteiger partial charge in [0.2, 0.25) is 15.9 Å². The summed E-state index contributed by atoms with van der Waals surface area (Å²) in [5.74, 6) is 1.69. The summed E-state index contributed by atoms with van der Waals surface area (Å²) in [6, 6.07) is 10.1. The summed E-state index contributed by atoms with van der Waals surface area (Å²) in [6.45, 7) is 5.72. The molecule has 0 atom stereocenters. The standard InChI is InChI=1S/C19H20N2O4S2/c1-4-11-21(27(22,23)16-9-7-15(24-3)8-10-16)13-17-14(2)25-19(20-17)18-6-5-12-26-18/h4-10,12H,1,11,13H2,2-3H3. The van der Waals surface area contributed by atoms with E-state index in [-0.39, 0.29) is 18.0 Å². The second kappa shape index (κ2) is 8.08. The van der Waals surface area contributed by atoms with Gasteiger partial charge in [-0.1, -0.05) is 12.1 Å². The van der Waals surface area contributed by atoms with Crippen molar-refractivity contribution in [1.82, 2.24) is 9.29 Å². The van der Waals surface area contributed by atoms with Crippen LogP contribution in [0.1, 0.15) is 11.5 Å². The number of ether oxygens (including phenoxy) is 1. The van der Waals surface area contributed by atoms with E-state index >= 15 is 0 Å². The zero-order valence-corrected chi connectivity index (χ0v) is 16.7. The molecule has 0 aliphatic heterocycles. The number of benzene rings is 1. The lowest BCUT2D eigenvalue weighted by Crippen LogP contribution is -2.31. The van der Waals surface area contributed by atoms with E-state index in [1.807, 2.05) is 17.5 Å². The Bertz CT molecular complexity index is 1010. The predicted molar refractivity (Wildman–Crippen MR) is 105 cm³/mol. The van der Waals surface area contributed by atoms with Gasteiger partial charge in [-0.2, -0.15) is 4.31 Å². The van der Waals surface area contributed by atoms with E-state index in [1.165, 1.54) is 34.9 Å². The number of aromatic nitrogens is 1. The Balaban J connectivity index is 1.90. The quantitative estimate of drug-likeness (QED) is 0.529. The van der Waals surface area contributed by atoms with Gasteiger partial charge in [-0.3, -0.25) is 0 Å². The molecule has 0 spiro atoms. The van der Waals surface area contributed by atoms with E-state index < -0.39 is 10.0 Å². The molecule has 0 saturated heterocycles. The Kier molecular flexibility index (Phi) is 5.79. The number of rotatable bonds is 8. The van der Waals surface area contributed by atoms with Gasteiger partial charge < -0.3 is 9.15 Å². The summed E-state index contributed by atoms with van der Waals surface area (Å²) in [6.07, 6.45) is 1.55. The first-order chi connectivity index (χ1) is 13.0. The van der Waals surface area contributed by atoms with E-state index in [2.05, 4.69) is 11.6 Å². The fraction of sp³-hybridized carbons (Fsp3) is 0.211. The molecule has 3 rings (SSSR count). The van der Waals surface area contributed by atoms with Gasteiger partial charge in [-0.05, 0) is 42.6 Å². The van der Waals surface area contributed by atoms with Gasteiger partial charge >= 0.3 is 0 Å². The highest BCUT2D eigenvalue weighted by Gasteiger charge is 2.26. The van der Waals surface area contributed by atoms with Crippen LogP contribution in [-0.4, -0.2) is 31.4 Å². The minimum Gasteiger partial charge on any atom is -0.497 e. The highest BCUT2D eigenvalue weighted by Crippen LogP contribution is 2.28. The van der Waals surface area contributed by atoms with Crippen molar-refractivity contribution in [3.05, 3.63) is 65.9 Å². The number of hydrogen-bond acceptors (Lipinski definition) is 6. The number of methoxy groups -OCH3 is 1. The summed E-state index contributed by atoms with van der Waals surface area (Å²) in [5.41, 5.74) is 0.581. The van der Waals surface area contributed by atoms with Crippen LogP contribution in [0.25, 0.3) is 10.8 Å². The van der Waals surface area contributed by atoms with Crippen molar-refractivity contribution in [2.75, 3.05) is 13.7 Å². The number of oxazole rings is 1. The first-order valence-electron chi connectivity index (χ1n) is 8.21. The first kappa shape index (κ1) is 19.3. The van der Waals surface area contributed by atoms with Crippen molar-refractivity contribution in [3.8, 4) is 16.5 Å². The molecule has 0 saturated carbocycles. The molecule has 0 unspecified atom stereocenters. The molecule has 0 amide bonds. The van der Waals surface area contributed by atoms with Gasteiger partial charge in [0.05, 0.1) is 29.1 Å². The van der Waals surface area contributed by atoms with Crippen LogP contribution < -0.4 is 4.74 Å². The minimum atomic E-state index is -3.72. The van der Waals surface area contributed by atoms with Crippen molar-refractivity contribution >= 4 is 21.4 Å². The molecule has 2 heterocycles. The normalized spacial score (nSPS) is 11.7. The molecule has 0 N–H and O–H groups in total. The Labute approximate surface area is 162 Å². The first-order valence-corrected chi connectivity index (χ1v) is 10.5. The van der Waals surface area contributed by atoms with Crippen LogP contribution in [-0.2, 0) is 16.6 Å². The van der Waals surface area contributed by atoms with E-state index in [0.29, 0.717) is 23.1 Å². The van der Waals surface area contributed by atoms with Crippen LogP contribution in [0.4, 0.5) is 0 Å². The van der Waals surface area contributed by atoms with Crippen molar-refractivity contribution in [1.29, 1.82) is 0 Å². The molecule has 3 aromatic rings. The zero-order chi connectivity index (χ0) is 19.4. The maximum atomic E-state index is 13.1. The maximum absolute atomic E-state index is 13.1. The molecule has 0 aliphatic rings. The topological polar surface area (TPSA) is 72.6 Å². The van der Waals surface area contributed by atoms with E-state index in [0.717, 1.165) is 4.88 Å². The van der Waals surface area contributed by atoms with Crippen molar-refractivity contribution in [2.24, 2.45) is 0 Å². The molecular weight excluding hydrogens is 384 g/mol. The fourth-order valence-corrected chi connectivity index (χ4v) is 4.56. The lowest BCUT2D eigenvalue weighted by atomic mass is 10.3. The number of hydrogen-bond donors (Lipinski definition) is 0.